The zero-order chi connectivity index (χ0) is 21.1. The number of hydrogen-bond acceptors (Lipinski definition) is 8. The van der Waals surface area contributed by atoms with E-state index in [9.17, 15) is 18.0 Å². The topological polar surface area (TPSA) is 139 Å². The minimum atomic E-state index is -3.63. The van der Waals surface area contributed by atoms with E-state index in [-0.39, 0.29) is 23.7 Å². The molecule has 0 aromatic heterocycles. The number of rotatable bonds is 6. The normalized spacial score (nSPS) is 16.3. The van der Waals surface area contributed by atoms with Gasteiger partial charge in [-0.15, -0.1) is 0 Å². The highest BCUT2D eigenvalue weighted by Crippen LogP contribution is 2.38. The first-order valence-corrected chi connectivity index (χ1v) is 11.0. The predicted molar refractivity (Wildman–Crippen MR) is 110 cm³/mol. The molecular weight excluding hydrogens is 430 g/mol. The number of aliphatic imine (C=N–C) groups is 1. The van der Waals surface area contributed by atoms with Crippen LogP contribution >= 0.6 is 0 Å². The first-order valence-electron chi connectivity index (χ1n) is 8.77. The highest BCUT2D eigenvalue weighted by Gasteiger charge is 2.30. The Balaban J connectivity index is 1.27. The third-order valence-electron chi connectivity index (χ3n) is 4.17. The van der Waals surface area contributed by atoms with Gasteiger partial charge in [0, 0.05) is 5.56 Å². The molecule has 2 aromatic carbocycles. The molecule has 0 aliphatic carbocycles. The summed E-state index contributed by atoms with van der Waals surface area (Å²) in [6.45, 7) is -0.449. The fourth-order valence-corrected chi connectivity index (χ4v) is 4.62. The van der Waals surface area contributed by atoms with Crippen LogP contribution in [-0.4, -0.2) is 39.3 Å². The van der Waals surface area contributed by atoms with Crippen LogP contribution in [0.25, 0.3) is 0 Å². The van der Waals surface area contributed by atoms with Gasteiger partial charge in [0.1, 0.15) is 17.2 Å². The first-order chi connectivity index (χ1) is 14.4. The number of amidine groups is 1. The molecule has 0 fully saturated rings. The van der Waals surface area contributed by atoms with E-state index in [1.54, 1.807) is 36.4 Å². The zero-order valence-electron chi connectivity index (χ0n) is 15.4. The Morgan fingerprint density at radius 3 is 2.83 bits per heavy atom. The van der Waals surface area contributed by atoms with Crippen LogP contribution in [-0.2, 0) is 35.7 Å². The molecule has 0 atom stereocenters. The quantitative estimate of drug-likeness (QED) is 0.559. The monoisotopic (exact) mass is 445 g/mol. The maximum atomic E-state index is 12.0. The van der Waals surface area contributed by atoms with Gasteiger partial charge in [-0.1, -0.05) is 18.2 Å². The molecule has 1 amide bonds. The van der Waals surface area contributed by atoms with Gasteiger partial charge in [-0.2, -0.15) is 8.73 Å². The van der Waals surface area contributed by atoms with Gasteiger partial charge in [0.25, 0.3) is 15.9 Å². The molecule has 2 aliphatic rings. The molecule has 10 nitrogen and oxygen atoms in total. The van der Waals surface area contributed by atoms with Crippen molar-refractivity contribution in [1.29, 1.82) is 0 Å². The minimum Gasteiger partial charge on any atom is -0.456 e. The van der Waals surface area contributed by atoms with Crippen molar-refractivity contribution in [3.8, 4) is 0 Å². The highest BCUT2D eigenvalue weighted by molar-refractivity contribution is 7.90. The van der Waals surface area contributed by atoms with Gasteiger partial charge >= 0.3 is 5.97 Å². The molecule has 0 bridgehead atoms. The van der Waals surface area contributed by atoms with Crippen LogP contribution in [0.2, 0.25) is 0 Å². The van der Waals surface area contributed by atoms with Crippen molar-refractivity contribution in [2.24, 2.45) is 13.7 Å². The number of fused-ring (bicyclic) bond motifs is 2. The van der Waals surface area contributed by atoms with Crippen molar-refractivity contribution >= 4 is 56.2 Å². The Kier molecular flexibility index (Phi) is 5.42. The van der Waals surface area contributed by atoms with Crippen LogP contribution in [0.4, 0.5) is 17.1 Å². The highest BCUT2D eigenvalue weighted by atomic mass is 32.2. The summed E-state index contributed by atoms with van der Waals surface area (Å²) in [5.74, 6) is -0.953. The Labute approximate surface area is 175 Å². The van der Waals surface area contributed by atoms with Gasteiger partial charge in [-0.25, -0.2) is 8.42 Å². The van der Waals surface area contributed by atoms with Gasteiger partial charge in [-0.05, 0) is 24.3 Å². The van der Waals surface area contributed by atoms with Crippen LogP contribution in [0, 0.1) is 0 Å². The zero-order valence-corrected chi connectivity index (χ0v) is 17.0. The number of ether oxygens (including phenoxy) is 1. The second-order valence-electron chi connectivity index (χ2n) is 6.23. The SMILES string of the molecule is O=C(COC(=O)CCN=C1NS(=O)(=O)c2ccccc21)Nc1cccc2c1N=S=N2. The van der Waals surface area contributed by atoms with Crippen molar-refractivity contribution < 1.29 is 22.7 Å². The molecule has 0 spiro atoms. The average molecular weight is 445 g/mol. The number of nitrogens with zero attached hydrogens (tertiary/aromatic N) is 3. The van der Waals surface area contributed by atoms with Gasteiger partial charge in [0.15, 0.2) is 6.61 Å². The summed E-state index contributed by atoms with van der Waals surface area (Å²) in [5.41, 5.74) is 2.17. The van der Waals surface area contributed by atoms with E-state index in [1.165, 1.54) is 6.07 Å². The standard InChI is InChI=1S/C18H15N5O5S2/c24-15(20-12-5-3-6-13-17(12)22-29-21-13)10-28-16(25)8-9-19-18-11-4-1-2-7-14(11)30(26,27)23-18/h1-7H,8-10H2,(H,19,23)(H,20,24). The number of amides is 1. The van der Waals surface area contributed by atoms with Gasteiger partial charge in [0.2, 0.25) is 0 Å². The molecule has 2 aromatic rings. The first kappa shape index (κ1) is 19.9. The number of sulfonamides is 1. The summed E-state index contributed by atoms with van der Waals surface area (Å²) in [6, 6.07) is 11.6. The number of nitrogens with one attached hydrogen (secondary N) is 2. The fourth-order valence-electron chi connectivity index (χ4n) is 2.82. The molecule has 12 heteroatoms. The minimum absolute atomic E-state index is 0.0104. The lowest BCUT2D eigenvalue weighted by molar-refractivity contribution is -0.147. The molecule has 30 heavy (non-hydrogen) atoms. The van der Waals surface area contributed by atoms with Crippen molar-refractivity contribution in [2.75, 3.05) is 18.5 Å². The lowest BCUT2D eigenvalue weighted by atomic mass is 10.2. The van der Waals surface area contributed by atoms with Crippen LogP contribution in [0.1, 0.15) is 12.0 Å². The Morgan fingerprint density at radius 2 is 1.97 bits per heavy atom. The number of carbonyl (C=O) groups excluding carboxylic acids is 2. The third-order valence-corrected chi connectivity index (χ3v) is 6.11. The maximum absolute atomic E-state index is 12.0. The predicted octanol–water partition coefficient (Wildman–Crippen LogP) is 2.02. The van der Waals surface area contributed by atoms with Crippen molar-refractivity contribution in [3.05, 3.63) is 48.0 Å². The summed E-state index contributed by atoms with van der Waals surface area (Å²) in [6.07, 6.45) is -0.105. The molecule has 2 aliphatic heterocycles. The summed E-state index contributed by atoms with van der Waals surface area (Å²) in [5, 5.41) is 2.63. The number of benzene rings is 2. The van der Waals surface area contributed by atoms with Gasteiger partial charge in [0.05, 0.1) is 34.9 Å². The van der Waals surface area contributed by atoms with E-state index in [0.717, 1.165) is 11.4 Å². The van der Waals surface area contributed by atoms with Crippen LogP contribution in [0.15, 0.2) is 61.1 Å². The number of carbonyl (C=O) groups is 2. The third kappa shape index (κ3) is 4.14. The summed E-state index contributed by atoms with van der Waals surface area (Å²) < 4.78 is 39.5. The second kappa shape index (κ2) is 8.16. The van der Waals surface area contributed by atoms with Crippen LogP contribution < -0.4 is 10.0 Å². The molecule has 154 valence electrons. The van der Waals surface area contributed by atoms with E-state index in [0.29, 0.717) is 22.6 Å². The summed E-state index contributed by atoms with van der Waals surface area (Å²) >= 11 is 1.04. The average Bonchev–Trinajstić information content (AvgIpc) is 3.30. The number of hydrogen-bond donors (Lipinski definition) is 2. The molecule has 0 saturated heterocycles. The number of esters is 1. The molecule has 0 saturated carbocycles. The maximum Gasteiger partial charge on any atom is 0.308 e. The largest absolute Gasteiger partial charge is 0.456 e. The molecule has 0 unspecified atom stereocenters. The van der Waals surface area contributed by atoms with E-state index in [4.69, 9.17) is 4.74 Å². The summed E-state index contributed by atoms with van der Waals surface area (Å²) in [4.78, 5) is 28.2. The van der Waals surface area contributed by atoms with E-state index in [2.05, 4.69) is 23.8 Å². The second-order valence-corrected chi connectivity index (χ2v) is 8.41. The number of anilines is 1. The van der Waals surface area contributed by atoms with Crippen LogP contribution in [0.5, 0.6) is 0 Å². The van der Waals surface area contributed by atoms with E-state index < -0.39 is 28.5 Å². The summed E-state index contributed by atoms with van der Waals surface area (Å²) in [7, 11) is -3.63. The van der Waals surface area contributed by atoms with Crippen molar-refractivity contribution in [2.45, 2.75) is 11.3 Å². The molecule has 2 heterocycles. The Bertz CT molecular complexity index is 1250. The molecular formula is C18H15N5O5S2. The van der Waals surface area contributed by atoms with Crippen molar-refractivity contribution in [1.82, 2.24) is 4.72 Å². The fraction of sp³-hybridized carbons (Fsp3) is 0.167. The molecule has 4 rings (SSSR count). The van der Waals surface area contributed by atoms with Gasteiger partial charge in [-0.3, -0.25) is 19.3 Å². The lowest BCUT2D eigenvalue weighted by Crippen LogP contribution is -2.23. The smallest absolute Gasteiger partial charge is 0.308 e. The van der Waals surface area contributed by atoms with E-state index in [1.807, 2.05) is 0 Å². The van der Waals surface area contributed by atoms with Crippen molar-refractivity contribution in [3.63, 3.8) is 0 Å². The molecule has 0 radical (unpaired) electrons. The van der Waals surface area contributed by atoms with Crippen LogP contribution in [0.3, 0.4) is 0 Å². The molecule has 2 N–H and O–H groups in total. The van der Waals surface area contributed by atoms with Gasteiger partial charge < -0.3 is 10.1 Å². The lowest BCUT2D eigenvalue weighted by Gasteiger charge is -2.08. The van der Waals surface area contributed by atoms with E-state index >= 15 is 0 Å². The Hall–Kier alpha value is -3.38. The Morgan fingerprint density at radius 1 is 1.13 bits per heavy atom.